The molecule has 0 amide bonds. The molecule has 11 rings (SSSR count). The molecule has 3 heterocycles. The van der Waals surface area contributed by atoms with E-state index in [2.05, 4.69) is 162 Å². The summed E-state index contributed by atoms with van der Waals surface area (Å²) in [4.78, 5) is 15.1. The van der Waals surface area contributed by atoms with Gasteiger partial charge in [0.2, 0.25) is 0 Å². The predicted octanol–water partition coefficient (Wildman–Crippen LogP) is 13.7. The number of hydrogen-bond acceptors (Lipinski definition) is 4. The molecule has 0 radical (unpaired) electrons. The summed E-state index contributed by atoms with van der Waals surface area (Å²) in [6, 6.07) is 68.6. The first kappa shape index (κ1) is 32.2. The number of aromatic nitrogens is 4. The summed E-state index contributed by atoms with van der Waals surface area (Å²) in [6.45, 7) is 0. The summed E-state index contributed by atoms with van der Waals surface area (Å²) in [6.07, 6.45) is 0. The van der Waals surface area contributed by atoms with E-state index in [4.69, 9.17) is 15.0 Å². The average molecular weight is 733 g/mol. The van der Waals surface area contributed by atoms with Crippen LogP contribution in [0.25, 0.3) is 104 Å². The lowest BCUT2D eigenvalue weighted by Gasteiger charge is -2.13. The third-order valence-electron chi connectivity index (χ3n) is 10.7. The molecule has 0 fully saturated rings. The Morgan fingerprint density at radius 1 is 0.339 bits per heavy atom. The molecule has 4 nitrogen and oxygen atoms in total. The Morgan fingerprint density at radius 2 is 0.839 bits per heavy atom. The first-order chi connectivity index (χ1) is 27.7. The van der Waals surface area contributed by atoms with E-state index in [0.717, 1.165) is 39.1 Å². The number of rotatable bonds is 6. The lowest BCUT2D eigenvalue weighted by atomic mass is 10.00. The molecule has 0 atom stereocenters. The van der Waals surface area contributed by atoms with Crippen LogP contribution in [0.1, 0.15) is 0 Å². The lowest BCUT2D eigenvalue weighted by molar-refractivity contribution is 1.07. The first-order valence-corrected chi connectivity index (χ1v) is 19.6. The Morgan fingerprint density at radius 3 is 1.52 bits per heavy atom. The fraction of sp³-hybridized carbons (Fsp3) is 0. The van der Waals surface area contributed by atoms with Gasteiger partial charge in [-0.3, -0.25) is 0 Å². The molecular formula is C51H32N4S. The standard InChI is InChI=1S/C51H32N4S/c1-3-14-33(15-4-1)37-18-13-19-38(30-37)51-53-49(35-16-5-2-6-17-35)52-50(54-51)36-28-26-34(27-29-36)43-31-39(32-44-42-22-9-12-25-47(42)56-48(43)44)55-45-23-10-7-20-40(45)41-21-8-11-24-46(41)55/h1-32H. The molecule has 5 heteroatoms. The third kappa shape index (κ3) is 5.48. The van der Waals surface area contributed by atoms with E-state index < -0.39 is 0 Å². The number of para-hydroxylation sites is 2. The van der Waals surface area contributed by atoms with E-state index in [1.807, 2.05) is 47.7 Å². The van der Waals surface area contributed by atoms with Crippen LogP contribution in [0, 0.1) is 0 Å². The molecule has 262 valence electrons. The summed E-state index contributed by atoms with van der Waals surface area (Å²) in [7, 11) is 0. The minimum atomic E-state index is 0.636. The molecule has 3 aromatic heterocycles. The number of nitrogens with zero attached hydrogens (tertiary/aromatic N) is 4. The summed E-state index contributed by atoms with van der Waals surface area (Å²) in [5, 5.41) is 5.04. The zero-order valence-corrected chi connectivity index (χ0v) is 31.0. The van der Waals surface area contributed by atoms with Crippen molar-refractivity contribution in [1.29, 1.82) is 0 Å². The van der Waals surface area contributed by atoms with Crippen molar-refractivity contribution in [2.24, 2.45) is 0 Å². The molecule has 0 bridgehead atoms. The Hall–Kier alpha value is -7.21. The highest BCUT2D eigenvalue weighted by molar-refractivity contribution is 7.26. The second-order valence-electron chi connectivity index (χ2n) is 14.0. The zero-order chi connectivity index (χ0) is 37.0. The fourth-order valence-corrected chi connectivity index (χ4v) is 9.19. The maximum atomic E-state index is 5.10. The lowest BCUT2D eigenvalue weighted by Crippen LogP contribution is -2.00. The molecule has 11 aromatic rings. The molecular weight excluding hydrogens is 701 g/mol. The van der Waals surface area contributed by atoms with Gasteiger partial charge in [0.25, 0.3) is 0 Å². The molecule has 0 unspecified atom stereocenters. The van der Waals surface area contributed by atoms with Gasteiger partial charge >= 0.3 is 0 Å². The molecule has 0 aliphatic rings. The number of fused-ring (bicyclic) bond motifs is 6. The van der Waals surface area contributed by atoms with Gasteiger partial charge in [0.05, 0.1) is 11.0 Å². The molecule has 0 aliphatic carbocycles. The van der Waals surface area contributed by atoms with Crippen molar-refractivity contribution in [1.82, 2.24) is 19.5 Å². The summed E-state index contributed by atoms with van der Waals surface area (Å²) >= 11 is 1.85. The van der Waals surface area contributed by atoms with Gasteiger partial charge in [-0.15, -0.1) is 11.3 Å². The van der Waals surface area contributed by atoms with E-state index in [1.54, 1.807) is 0 Å². The van der Waals surface area contributed by atoms with Crippen LogP contribution >= 0.6 is 11.3 Å². The van der Waals surface area contributed by atoms with Crippen LogP contribution in [0.3, 0.4) is 0 Å². The summed E-state index contributed by atoms with van der Waals surface area (Å²) in [5.41, 5.74) is 11.0. The molecule has 56 heavy (non-hydrogen) atoms. The van der Waals surface area contributed by atoms with Crippen molar-refractivity contribution in [3.63, 3.8) is 0 Å². The third-order valence-corrected chi connectivity index (χ3v) is 11.9. The molecule has 0 saturated heterocycles. The topological polar surface area (TPSA) is 43.6 Å². The molecule has 0 spiro atoms. The van der Waals surface area contributed by atoms with Crippen molar-refractivity contribution in [2.75, 3.05) is 0 Å². The van der Waals surface area contributed by atoms with Crippen LogP contribution in [0.2, 0.25) is 0 Å². The Labute approximate surface area is 327 Å². The van der Waals surface area contributed by atoms with Crippen molar-refractivity contribution < 1.29 is 0 Å². The highest BCUT2D eigenvalue weighted by Gasteiger charge is 2.18. The largest absolute Gasteiger partial charge is 0.309 e. The minimum absolute atomic E-state index is 0.636. The Kier molecular flexibility index (Phi) is 7.64. The van der Waals surface area contributed by atoms with Crippen LogP contribution in [-0.4, -0.2) is 19.5 Å². The number of benzene rings is 8. The SMILES string of the molecule is c1ccc(-c2cccc(-c3nc(-c4ccccc4)nc(-c4ccc(-c5cc(-n6c7ccccc7c7ccccc76)cc6c5sc5ccccc56)cc4)n3)c2)cc1. The van der Waals surface area contributed by atoms with Gasteiger partial charge in [-0.25, -0.2) is 15.0 Å². The molecule has 0 aliphatic heterocycles. The smallest absolute Gasteiger partial charge is 0.164 e. The van der Waals surface area contributed by atoms with E-state index in [9.17, 15) is 0 Å². The molecule has 0 saturated carbocycles. The Bertz CT molecular complexity index is 3180. The van der Waals surface area contributed by atoms with Gasteiger partial charge < -0.3 is 4.57 Å². The van der Waals surface area contributed by atoms with Crippen LogP contribution in [0.15, 0.2) is 194 Å². The first-order valence-electron chi connectivity index (χ1n) is 18.8. The second-order valence-corrected chi connectivity index (χ2v) is 15.1. The minimum Gasteiger partial charge on any atom is -0.309 e. The highest BCUT2D eigenvalue weighted by atomic mass is 32.1. The van der Waals surface area contributed by atoms with E-state index in [-0.39, 0.29) is 0 Å². The zero-order valence-electron chi connectivity index (χ0n) is 30.2. The van der Waals surface area contributed by atoms with Crippen LogP contribution in [0.4, 0.5) is 0 Å². The van der Waals surface area contributed by atoms with Gasteiger partial charge in [-0.05, 0) is 53.1 Å². The van der Waals surface area contributed by atoms with Gasteiger partial charge in [0.15, 0.2) is 17.5 Å². The van der Waals surface area contributed by atoms with Crippen LogP contribution in [0.5, 0.6) is 0 Å². The van der Waals surface area contributed by atoms with Gasteiger partial charge in [0, 0.05) is 58.9 Å². The normalized spacial score (nSPS) is 11.6. The summed E-state index contributed by atoms with van der Waals surface area (Å²) < 4.78 is 4.97. The monoisotopic (exact) mass is 732 g/mol. The van der Waals surface area contributed by atoms with Crippen LogP contribution in [-0.2, 0) is 0 Å². The van der Waals surface area contributed by atoms with Crippen molar-refractivity contribution >= 4 is 53.3 Å². The van der Waals surface area contributed by atoms with E-state index in [0.29, 0.717) is 17.5 Å². The Balaban J connectivity index is 1.07. The van der Waals surface area contributed by atoms with Gasteiger partial charge in [-0.1, -0.05) is 158 Å². The maximum absolute atomic E-state index is 5.10. The molecule has 0 N–H and O–H groups in total. The molecule has 8 aromatic carbocycles. The van der Waals surface area contributed by atoms with Crippen molar-refractivity contribution in [3.8, 4) is 62.1 Å². The maximum Gasteiger partial charge on any atom is 0.164 e. The number of thiophene rings is 1. The quantitative estimate of drug-likeness (QED) is 0.171. The van der Waals surface area contributed by atoms with E-state index in [1.165, 1.54) is 47.5 Å². The highest BCUT2D eigenvalue weighted by Crippen LogP contribution is 2.43. The van der Waals surface area contributed by atoms with E-state index >= 15 is 0 Å². The van der Waals surface area contributed by atoms with Gasteiger partial charge in [0.1, 0.15) is 0 Å². The second kappa shape index (κ2) is 13.3. The number of hydrogen-bond donors (Lipinski definition) is 0. The van der Waals surface area contributed by atoms with Crippen molar-refractivity contribution in [2.45, 2.75) is 0 Å². The van der Waals surface area contributed by atoms with Crippen LogP contribution < -0.4 is 0 Å². The predicted molar refractivity (Wildman–Crippen MR) is 234 cm³/mol. The van der Waals surface area contributed by atoms with Crippen molar-refractivity contribution in [3.05, 3.63) is 194 Å². The average Bonchev–Trinajstić information content (AvgIpc) is 3.83. The fourth-order valence-electron chi connectivity index (χ4n) is 7.97. The van der Waals surface area contributed by atoms with Gasteiger partial charge in [-0.2, -0.15) is 0 Å². The summed E-state index contributed by atoms with van der Waals surface area (Å²) in [5.74, 6) is 1.92.